The van der Waals surface area contributed by atoms with Crippen molar-refractivity contribution in [3.63, 3.8) is 0 Å². The van der Waals surface area contributed by atoms with Crippen LogP contribution in [0, 0.1) is 0 Å². The molecule has 1 saturated heterocycles. The van der Waals surface area contributed by atoms with Crippen LogP contribution in [0.1, 0.15) is 39.5 Å². The first kappa shape index (κ1) is 13.9. The highest BCUT2D eigenvalue weighted by Gasteiger charge is 2.29. The second-order valence-corrected chi connectivity index (χ2v) is 6.40. The quantitative estimate of drug-likeness (QED) is 0.762. The topological polar surface area (TPSA) is 69.6 Å². The average Bonchev–Trinajstić information content (AvgIpc) is 2.36. The minimum absolute atomic E-state index is 0.395. The molecule has 1 rings (SSSR count). The van der Waals surface area contributed by atoms with Crippen molar-refractivity contribution in [3.05, 3.63) is 0 Å². The normalized spacial score (nSPS) is 28.9. The summed E-state index contributed by atoms with van der Waals surface area (Å²) in [5, 5.41) is 9.87. The lowest BCUT2D eigenvalue weighted by Gasteiger charge is -2.22. The predicted octanol–water partition coefficient (Wildman–Crippen LogP) is 0.468. The molecule has 0 bridgehead atoms. The van der Waals surface area contributed by atoms with Gasteiger partial charge in [0.2, 0.25) is 0 Å². The molecule has 0 aromatic carbocycles. The molecule has 1 atom stereocenters. The number of aliphatic hydroxyl groups is 1. The van der Waals surface area contributed by atoms with Crippen LogP contribution in [0.2, 0.25) is 0 Å². The molecule has 5 nitrogen and oxygen atoms in total. The van der Waals surface area contributed by atoms with E-state index in [0.29, 0.717) is 38.9 Å². The van der Waals surface area contributed by atoms with Gasteiger partial charge in [-0.2, -0.15) is 12.7 Å². The Morgan fingerprint density at radius 2 is 2.06 bits per heavy atom. The molecule has 0 aromatic rings. The fourth-order valence-electron chi connectivity index (χ4n) is 1.80. The standard InChI is InChI=1S/C10H22N2O3S/c1-3-7-11-16(14,15)12-8-4-5-10(2,13)6-9-12/h11,13H,3-9H2,1-2H3. The SMILES string of the molecule is CCCNS(=O)(=O)N1CCCC(C)(O)CC1. The average molecular weight is 250 g/mol. The molecule has 1 aliphatic rings. The van der Waals surface area contributed by atoms with Gasteiger partial charge in [0, 0.05) is 19.6 Å². The maximum absolute atomic E-state index is 11.8. The van der Waals surface area contributed by atoms with E-state index in [0.717, 1.165) is 6.42 Å². The molecule has 1 fully saturated rings. The summed E-state index contributed by atoms with van der Waals surface area (Å²) >= 11 is 0. The lowest BCUT2D eigenvalue weighted by molar-refractivity contribution is 0.0465. The van der Waals surface area contributed by atoms with E-state index in [9.17, 15) is 13.5 Å². The van der Waals surface area contributed by atoms with Crippen molar-refractivity contribution in [2.24, 2.45) is 0 Å². The molecule has 0 amide bonds. The van der Waals surface area contributed by atoms with Crippen LogP contribution in [0.15, 0.2) is 0 Å². The van der Waals surface area contributed by atoms with Crippen LogP contribution in [0.5, 0.6) is 0 Å². The Labute approximate surface area is 98.0 Å². The summed E-state index contributed by atoms with van der Waals surface area (Å²) in [6.45, 7) is 5.05. The van der Waals surface area contributed by atoms with Crippen molar-refractivity contribution in [3.8, 4) is 0 Å². The van der Waals surface area contributed by atoms with Crippen LogP contribution in [-0.4, -0.2) is 43.1 Å². The van der Waals surface area contributed by atoms with Crippen LogP contribution in [0.25, 0.3) is 0 Å². The molecule has 1 unspecified atom stereocenters. The van der Waals surface area contributed by atoms with Crippen molar-refractivity contribution in [1.82, 2.24) is 9.03 Å². The lowest BCUT2D eigenvalue weighted by atomic mass is 9.98. The maximum atomic E-state index is 11.8. The van der Waals surface area contributed by atoms with E-state index < -0.39 is 15.8 Å². The fourth-order valence-corrected chi connectivity index (χ4v) is 3.15. The lowest BCUT2D eigenvalue weighted by Crippen LogP contribution is -2.42. The van der Waals surface area contributed by atoms with Crippen molar-refractivity contribution < 1.29 is 13.5 Å². The van der Waals surface area contributed by atoms with Crippen LogP contribution >= 0.6 is 0 Å². The number of rotatable bonds is 4. The molecule has 6 heteroatoms. The Morgan fingerprint density at radius 3 is 2.69 bits per heavy atom. The minimum Gasteiger partial charge on any atom is -0.390 e. The van der Waals surface area contributed by atoms with Crippen LogP contribution in [0.3, 0.4) is 0 Å². The summed E-state index contributed by atoms with van der Waals surface area (Å²) in [6.07, 6.45) is 2.65. The molecule has 2 N–H and O–H groups in total. The molecule has 1 heterocycles. The third-order valence-electron chi connectivity index (χ3n) is 2.90. The molecule has 0 aliphatic carbocycles. The number of hydrogen-bond donors (Lipinski definition) is 2. The Morgan fingerprint density at radius 1 is 1.38 bits per heavy atom. The zero-order valence-corrected chi connectivity index (χ0v) is 10.9. The second kappa shape index (κ2) is 5.44. The molecule has 1 aliphatic heterocycles. The van der Waals surface area contributed by atoms with Gasteiger partial charge in [0.25, 0.3) is 10.2 Å². The van der Waals surface area contributed by atoms with E-state index in [-0.39, 0.29) is 0 Å². The largest absolute Gasteiger partial charge is 0.390 e. The highest BCUT2D eigenvalue weighted by molar-refractivity contribution is 7.87. The Balaban J connectivity index is 2.60. The Kier molecular flexibility index (Phi) is 4.73. The van der Waals surface area contributed by atoms with E-state index in [1.807, 2.05) is 6.92 Å². The summed E-state index contributed by atoms with van der Waals surface area (Å²) in [5.74, 6) is 0. The van der Waals surface area contributed by atoms with Gasteiger partial charge in [-0.1, -0.05) is 6.92 Å². The van der Waals surface area contributed by atoms with Gasteiger partial charge in [-0.15, -0.1) is 0 Å². The van der Waals surface area contributed by atoms with Crippen molar-refractivity contribution in [2.75, 3.05) is 19.6 Å². The highest BCUT2D eigenvalue weighted by atomic mass is 32.2. The summed E-state index contributed by atoms with van der Waals surface area (Å²) in [6, 6.07) is 0. The Hall–Kier alpha value is -0.170. The van der Waals surface area contributed by atoms with Crippen molar-refractivity contribution in [2.45, 2.75) is 45.1 Å². The van der Waals surface area contributed by atoms with Gasteiger partial charge >= 0.3 is 0 Å². The summed E-state index contributed by atoms with van der Waals surface area (Å²) in [4.78, 5) is 0. The number of hydrogen-bond acceptors (Lipinski definition) is 3. The minimum atomic E-state index is -3.35. The summed E-state index contributed by atoms with van der Waals surface area (Å²) in [7, 11) is -3.35. The number of nitrogens with one attached hydrogen (secondary N) is 1. The zero-order chi connectivity index (χ0) is 12.2. The third kappa shape index (κ3) is 4.01. The highest BCUT2D eigenvalue weighted by Crippen LogP contribution is 2.22. The molecule has 0 radical (unpaired) electrons. The van der Waals surface area contributed by atoms with Gasteiger partial charge in [-0.3, -0.25) is 0 Å². The fraction of sp³-hybridized carbons (Fsp3) is 1.00. The first-order chi connectivity index (χ1) is 7.37. The molecule has 0 aromatic heterocycles. The third-order valence-corrected chi connectivity index (χ3v) is 4.51. The molecule has 0 spiro atoms. The van der Waals surface area contributed by atoms with Crippen LogP contribution < -0.4 is 4.72 Å². The molecular weight excluding hydrogens is 228 g/mol. The van der Waals surface area contributed by atoms with Crippen LogP contribution in [-0.2, 0) is 10.2 Å². The van der Waals surface area contributed by atoms with E-state index in [1.165, 1.54) is 4.31 Å². The van der Waals surface area contributed by atoms with Gasteiger partial charge in [-0.05, 0) is 32.6 Å². The van der Waals surface area contributed by atoms with Gasteiger partial charge < -0.3 is 5.11 Å². The van der Waals surface area contributed by atoms with E-state index in [1.54, 1.807) is 6.92 Å². The molecule has 96 valence electrons. The number of nitrogens with zero attached hydrogens (tertiary/aromatic N) is 1. The van der Waals surface area contributed by atoms with E-state index >= 15 is 0 Å². The Bertz CT molecular complexity index is 314. The first-order valence-corrected chi connectivity index (χ1v) is 7.28. The van der Waals surface area contributed by atoms with Gasteiger partial charge in [0.15, 0.2) is 0 Å². The predicted molar refractivity (Wildman–Crippen MR) is 63.3 cm³/mol. The molecule has 16 heavy (non-hydrogen) atoms. The van der Waals surface area contributed by atoms with Gasteiger partial charge in [-0.25, -0.2) is 4.72 Å². The first-order valence-electron chi connectivity index (χ1n) is 5.84. The second-order valence-electron chi connectivity index (χ2n) is 4.65. The van der Waals surface area contributed by atoms with Crippen LogP contribution in [0.4, 0.5) is 0 Å². The summed E-state index contributed by atoms with van der Waals surface area (Å²) in [5.41, 5.74) is -0.727. The summed E-state index contributed by atoms with van der Waals surface area (Å²) < 4.78 is 27.7. The van der Waals surface area contributed by atoms with Gasteiger partial charge in [0.1, 0.15) is 0 Å². The maximum Gasteiger partial charge on any atom is 0.279 e. The zero-order valence-electron chi connectivity index (χ0n) is 10.1. The smallest absolute Gasteiger partial charge is 0.279 e. The molecular formula is C10H22N2O3S. The van der Waals surface area contributed by atoms with Gasteiger partial charge in [0.05, 0.1) is 5.60 Å². The molecule has 0 saturated carbocycles. The monoisotopic (exact) mass is 250 g/mol. The van der Waals surface area contributed by atoms with E-state index in [4.69, 9.17) is 0 Å². The van der Waals surface area contributed by atoms with Crippen molar-refractivity contribution >= 4 is 10.2 Å². The van der Waals surface area contributed by atoms with E-state index in [2.05, 4.69) is 4.72 Å². The van der Waals surface area contributed by atoms with Crippen molar-refractivity contribution in [1.29, 1.82) is 0 Å².